The second kappa shape index (κ2) is 4.23. The van der Waals surface area contributed by atoms with Gasteiger partial charge in [0.05, 0.1) is 5.69 Å². The summed E-state index contributed by atoms with van der Waals surface area (Å²) in [4.78, 5) is 0. The van der Waals surface area contributed by atoms with Crippen molar-refractivity contribution < 1.29 is 9.50 Å². The van der Waals surface area contributed by atoms with Crippen molar-refractivity contribution in [1.29, 1.82) is 0 Å². The highest BCUT2D eigenvalue weighted by molar-refractivity contribution is 6.31. The maximum Gasteiger partial charge on any atom is 0.124 e. The van der Waals surface area contributed by atoms with Crippen LogP contribution in [0.3, 0.4) is 0 Å². The molecule has 0 saturated carbocycles. The standard InChI is InChI=1S/C11H10ClFN2O/c1-15-5-4-10(14-15)11(16)8-3-2-7(13)6-9(8)12/h2-6,11,16H,1H3. The Hall–Kier alpha value is -1.39. The van der Waals surface area contributed by atoms with Gasteiger partial charge < -0.3 is 5.11 Å². The molecule has 0 aliphatic carbocycles. The van der Waals surface area contributed by atoms with Crippen LogP contribution < -0.4 is 0 Å². The summed E-state index contributed by atoms with van der Waals surface area (Å²) in [6.07, 6.45) is 0.782. The molecule has 0 aliphatic heterocycles. The Morgan fingerprint density at radius 3 is 2.75 bits per heavy atom. The number of hydrogen-bond donors (Lipinski definition) is 1. The lowest BCUT2D eigenvalue weighted by Gasteiger charge is -2.10. The van der Waals surface area contributed by atoms with Crippen molar-refractivity contribution in [3.05, 3.63) is 52.6 Å². The topological polar surface area (TPSA) is 38.0 Å². The van der Waals surface area contributed by atoms with E-state index in [-0.39, 0.29) is 5.02 Å². The fourth-order valence-corrected chi connectivity index (χ4v) is 1.73. The van der Waals surface area contributed by atoms with Gasteiger partial charge in [-0.05, 0) is 18.2 Å². The number of aryl methyl sites for hydroxylation is 1. The van der Waals surface area contributed by atoms with E-state index in [9.17, 15) is 9.50 Å². The first-order valence-electron chi connectivity index (χ1n) is 4.70. The lowest BCUT2D eigenvalue weighted by atomic mass is 10.1. The zero-order chi connectivity index (χ0) is 11.7. The average molecular weight is 241 g/mol. The van der Waals surface area contributed by atoms with Crippen LogP contribution in [-0.2, 0) is 7.05 Å². The Balaban J connectivity index is 2.37. The van der Waals surface area contributed by atoms with Gasteiger partial charge in [-0.3, -0.25) is 4.68 Å². The lowest BCUT2D eigenvalue weighted by molar-refractivity contribution is 0.214. The molecular formula is C11H10ClFN2O. The molecule has 1 aromatic heterocycles. The van der Waals surface area contributed by atoms with Crippen molar-refractivity contribution in [2.24, 2.45) is 7.05 Å². The summed E-state index contributed by atoms with van der Waals surface area (Å²) in [7, 11) is 1.75. The van der Waals surface area contributed by atoms with Crippen LogP contribution in [0.5, 0.6) is 0 Å². The van der Waals surface area contributed by atoms with Crippen molar-refractivity contribution in [2.75, 3.05) is 0 Å². The van der Waals surface area contributed by atoms with E-state index in [1.807, 2.05) is 0 Å². The molecule has 3 nitrogen and oxygen atoms in total. The average Bonchev–Trinajstić information content (AvgIpc) is 2.64. The van der Waals surface area contributed by atoms with E-state index in [0.29, 0.717) is 11.3 Å². The fraction of sp³-hybridized carbons (Fsp3) is 0.182. The van der Waals surface area contributed by atoms with Gasteiger partial charge in [0.15, 0.2) is 0 Å². The smallest absolute Gasteiger partial charge is 0.124 e. The molecule has 2 rings (SSSR count). The van der Waals surface area contributed by atoms with E-state index in [2.05, 4.69) is 5.10 Å². The Bertz CT molecular complexity index is 512. The van der Waals surface area contributed by atoms with Gasteiger partial charge in [-0.25, -0.2) is 4.39 Å². The van der Waals surface area contributed by atoms with Crippen LogP contribution in [0.1, 0.15) is 17.4 Å². The Kier molecular flexibility index (Phi) is 2.94. The van der Waals surface area contributed by atoms with Gasteiger partial charge in [0.25, 0.3) is 0 Å². The van der Waals surface area contributed by atoms with E-state index in [1.165, 1.54) is 18.2 Å². The molecule has 84 valence electrons. The lowest BCUT2D eigenvalue weighted by Crippen LogP contribution is -2.02. The minimum Gasteiger partial charge on any atom is -0.382 e. The highest BCUT2D eigenvalue weighted by atomic mass is 35.5. The maximum atomic E-state index is 12.8. The largest absolute Gasteiger partial charge is 0.382 e. The molecule has 0 amide bonds. The molecule has 0 spiro atoms. The third kappa shape index (κ3) is 2.08. The van der Waals surface area contributed by atoms with Crippen LogP contribution in [0.2, 0.25) is 5.02 Å². The van der Waals surface area contributed by atoms with Crippen molar-refractivity contribution in [1.82, 2.24) is 9.78 Å². The number of benzene rings is 1. The first kappa shape index (κ1) is 11.1. The summed E-state index contributed by atoms with van der Waals surface area (Å²) in [5.74, 6) is -0.429. The first-order valence-corrected chi connectivity index (χ1v) is 5.08. The molecule has 0 saturated heterocycles. The highest BCUT2D eigenvalue weighted by Crippen LogP contribution is 2.27. The molecule has 1 aromatic carbocycles. The Morgan fingerprint density at radius 2 is 2.19 bits per heavy atom. The SMILES string of the molecule is Cn1ccc(C(O)c2ccc(F)cc2Cl)n1. The Morgan fingerprint density at radius 1 is 1.44 bits per heavy atom. The van der Waals surface area contributed by atoms with Crippen LogP contribution in [-0.4, -0.2) is 14.9 Å². The molecule has 0 aliphatic rings. The summed E-state index contributed by atoms with van der Waals surface area (Å²) >= 11 is 5.85. The van der Waals surface area contributed by atoms with Crippen molar-refractivity contribution >= 4 is 11.6 Å². The molecule has 1 unspecified atom stereocenters. The highest BCUT2D eigenvalue weighted by Gasteiger charge is 2.16. The number of aliphatic hydroxyl groups is 1. The van der Waals surface area contributed by atoms with E-state index in [1.54, 1.807) is 24.0 Å². The van der Waals surface area contributed by atoms with Crippen LogP contribution in [0.15, 0.2) is 30.5 Å². The third-order valence-electron chi connectivity index (χ3n) is 2.27. The molecule has 16 heavy (non-hydrogen) atoms. The van der Waals surface area contributed by atoms with E-state index in [0.717, 1.165) is 0 Å². The number of aromatic nitrogens is 2. The summed E-state index contributed by atoms with van der Waals surface area (Å²) in [6.45, 7) is 0. The predicted octanol–water partition coefficient (Wildman–Crippen LogP) is 2.29. The molecule has 0 bridgehead atoms. The zero-order valence-electron chi connectivity index (χ0n) is 8.56. The summed E-state index contributed by atoms with van der Waals surface area (Å²) in [6, 6.07) is 5.57. The van der Waals surface area contributed by atoms with Gasteiger partial charge in [0.1, 0.15) is 11.9 Å². The Labute approximate surface area is 97.1 Å². The molecule has 2 aromatic rings. The molecule has 1 N–H and O–H groups in total. The summed E-state index contributed by atoms with van der Waals surface area (Å²) in [5.41, 5.74) is 0.928. The molecule has 5 heteroatoms. The van der Waals surface area contributed by atoms with E-state index in [4.69, 9.17) is 11.6 Å². The van der Waals surface area contributed by atoms with Crippen molar-refractivity contribution in [3.8, 4) is 0 Å². The summed E-state index contributed by atoms with van der Waals surface area (Å²) < 4.78 is 14.4. The second-order valence-corrected chi connectivity index (χ2v) is 3.89. The minimum absolute atomic E-state index is 0.193. The predicted molar refractivity (Wildman–Crippen MR) is 58.7 cm³/mol. The van der Waals surface area contributed by atoms with Crippen LogP contribution in [0.4, 0.5) is 4.39 Å². The van der Waals surface area contributed by atoms with Gasteiger partial charge in [0.2, 0.25) is 0 Å². The number of aliphatic hydroxyl groups excluding tert-OH is 1. The quantitative estimate of drug-likeness (QED) is 0.875. The monoisotopic (exact) mass is 240 g/mol. The van der Waals surface area contributed by atoms with Crippen LogP contribution >= 0.6 is 11.6 Å². The number of halogens is 2. The third-order valence-corrected chi connectivity index (χ3v) is 2.60. The molecule has 0 fully saturated rings. The van der Waals surface area contributed by atoms with Gasteiger partial charge >= 0.3 is 0 Å². The number of hydrogen-bond acceptors (Lipinski definition) is 2. The molecule has 1 heterocycles. The number of nitrogens with zero attached hydrogens (tertiary/aromatic N) is 2. The fourth-order valence-electron chi connectivity index (χ4n) is 1.46. The van der Waals surface area contributed by atoms with Crippen LogP contribution in [0.25, 0.3) is 0 Å². The van der Waals surface area contributed by atoms with Crippen molar-refractivity contribution in [3.63, 3.8) is 0 Å². The normalized spacial score (nSPS) is 12.8. The van der Waals surface area contributed by atoms with Crippen molar-refractivity contribution in [2.45, 2.75) is 6.10 Å². The summed E-state index contributed by atoms with van der Waals surface area (Å²) in [5, 5.41) is 14.3. The van der Waals surface area contributed by atoms with Crippen LogP contribution in [0, 0.1) is 5.82 Å². The van der Waals surface area contributed by atoms with Gasteiger partial charge in [-0.2, -0.15) is 5.10 Å². The zero-order valence-corrected chi connectivity index (χ0v) is 9.32. The van der Waals surface area contributed by atoms with Gasteiger partial charge in [-0.15, -0.1) is 0 Å². The molecule has 0 radical (unpaired) electrons. The number of rotatable bonds is 2. The molecular weight excluding hydrogens is 231 g/mol. The molecule has 1 atom stereocenters. The van der Waals surface area contributed by atoms with Gasteiger partial charge in [-0.1, -0.05) is 17.7 Å². The first-order chi connectivity index (χ1) is 7.58. The van der Waals surface area contributed by atoms with E-state index < -0.39 is 11.9 Å². The van der Waals surface area contributed by atoms with Gasteiger partial charge in [0, 0.05) is 23.8 Å². The second-order valence-electron chi connectivity index (χ2n) is 3.48. The maximum absolute atomic E-state index is 12.8. The minimum atomic E-state index is -0.936. The van der Waals surface area contributed by atoms with E-state index >= 15 is 0 Å².